The van der Waals surface area contributed by atoms with Gasteiger partial charge in [-0.2, -0.15) is 0 Å². The molecule has 0 aliphatic carbocycles. The monoisotopic (exact) mass is 298 g/mol. The van der Waals surface area contributed by atoms with Gasteiger partial charge in [0.1, 0.15) is 5.15 Å². The summed E-state index contributed by atoms with van der Waals surface area (Å²) in [4.78, 5) is 8.46. The van der Waals surface area contributed by atoms with Crippen LogP contribution in [-0.2, 0) is 5.41 Å². The molecule has 0 fully saturated rings. The molecule has 19 heavy (non-hydrogen) atoms. The maximum atomic E-state index is 14.0. The lowest BCUT2D eigenvalue weighted by molar-refractivity contribution is 0.567. The van der Waals surface area contributed by atoms with Crippen LogP contribution in [0.25, 0.3) is 11.4 Å². The van der Waals surface area contributed by atoms with Crippen molar-refractivity contribution in [2.45, 2.75) is 26.2 Å². The van der Waals surface area contributed by atoms with Crippen molar-refractivity contribution in [3.8, 4) is 11.4 Å². The van der Waals surface area contributed by atoms with Crippen LogP contribution in [0.3, 0.4) is 0 Å². The zero-order valence-corrected chi connectivity index (χ0v) is 12.3. The second kappa shape index (κ2) is 5.06. The maximum Gasteiger partial charge on any atom is 0.164 e. The van der Waals surface area contributed by atoms with Gasteiger partial charge in [-0.05, 0) is 18.2 Å². The summed E-state index contributed by atoms with van der Waals surface area (Å²) in [5.74, 6) is -0.288. The number of halogens is 3. The fourth-order valence-electron chi connectivity index (χ4n) is 1.60. The minimum absolute atomic E-state index is 0.0402. The second-order valence-electron chi connectivity index (χ2n) is 5.25. The molecule has 0 radical (unpaired) electrons. The molecule has 0 bridgehead atoms. The van der Waals surface area contributed by atoms with E-state index in [2.05, 4.69) is 9.97 Å². The molecular weight excluding hydrogens is 286 g/mol. The molecule has 0 aliphatic heterocycles. The second-order valence-corrected chi connectivity index (χ2v) is 6.05. The number of benzene rings is 1. The van der Waals surface area contributed by atoms with E-state index in [0.717, 1.165) is 5.69 Å². The summed E-state index contributed by atoms with van der Waals surface area (Å²) in [5, 5.41) is 0.327. The molecule has 2 rings (SSSR count). The normalized spacial score (nSPS) is 11.7. The lowest BCUT2D eigenvalue weighted by Gasteiger charge is -2.18. The van der Waals surface area contributed by atoms with Crippen molar-refractivity contribution < 1.29 is 4.39 Å². The zero-order valence-electron chi connectivity index (χ0n) is 10.8. The number of nitrogens with zero attached hydrogens (tertiary/aromatic N) is 2. The number of aromatic nitrogens is 2. The van der Waals surface area contributed by atoms with Gasteiger partial charge in [0.2, 0.25) is 0 Å². The minimum atomic E-state index is -0.536. The van der Waals surface area contributed by atoms with Gasteiger partial charge >= 0.3 is 0 Å². The quantitative estimate of drug-likeness (QED) is 0.701. The molecule has 2 nitrogen and oxygen atoms in total. The Morgan fingerprint density at radius 1 is 1.11 bits per heavy atom. The van der Waals surface area contributed by atoms with Crippen LogP contribution in [0.15, 0.2) is 24.3 Å². The topological polar surface area (TPSA) is 25.8 Å². The molecule has 0 amide bonds. The third-order valence-electron chi connectivity index (χ3n) is 2.66. The van der Waals surface area contributed by atoms with E-state index in [1.54, 1.807) is 18.2 Å². The molecule has 1 heterocycles. The summed E-state index contributed by atoms with van der Waals surface area (Å²) < 4.78 is 14.0. The Labute approximate surface area is 121 Å². The zero-order chi connectivity index (χ0) is 14.2. The smallest absolute Gasteiger partial charge is 0.164 e. The van der Waals surface area contributed by atoms with Crippen LogP contribution in [-0.4, -0.2) is 9.97 Å². The Bertz CT molecular complexity index is 621. The van der Waals surface area contributed by atoms with Gasteiger partial charge in [-0.15, -0.1) is 0 Å². The number of hydrogen-bond acceptors (Lipinski definition) is 2. The Hall–Kier alpha value is -1.19. The van der Waals surface area contributed by atoms with Crippen LogP contribution in [0.4, 0.5) is 4.39 Å². The third kappa shape index (κ3) is 3.04. The Morgan fingerprint density at radius 2 is 1.79 bits per heavy atom. The van der Waals surface area contributed by atoms with E-state index in [0.29, 0.717) is 0 Å². The first-order valence-corrected chi connectivity index (χ1v) is 6.54. The molecule has 0 unspecified atom stereocenters. The van der Waals surface area contributed by atoms with E-state index in [1.807, 2.05) is 20.8 Å². The molecule has 0 saturated heterocycles. The SMILES string of the molecule is CC(C)(C)c1cc(Cl)nc(-c2cccc(Cl)c2F)n1. The van der Waals surface area contributed by atoms with E-state index in [4.69, 9.17) is 23.2 Å². The van der Waals surface area contributed by atoms with Crippen molar-refractivity contribution in [3.63, 3.8) is 0 Å². The minimum Gasteiger partial charge on any atom is -0.232 e. The van der Waals surface area contributed by atoms with Crippen molar-refractivity contribution in [3.05, 3.63) is 46.0 Å². The number of rotatable bonds is 1. The summed E-state index contributed by atoms with van der Waals surface area (Å²) in [5.41, 5.74) is 0.804. The fourth-order valence-corrected chi connectivity index (χ4v) is 1.96. The highest BCUT2D eigenvalue weighted by Crippen LogP contribution is 2.29. The first-order valence-electron chi connectivity index (χ1n) is 5.78. The van der Waals surface area contributed by atoms with Crippen molar-refractivity contribution in [2.75, 3.05) is 0 Å². The van der Waals surface area contributed by atoms with E-state index < -0.39 is 5.82 Å². The Kier molecular flexibility index (Phi) is 3.79. The van der Waals surface area contributed by atoms with Crippen molar-refractivity contribution >= 4 is 23.2 Å². The fraction of sp³-hybridized carbons (Fsp3) is 0.286. The molecule has 100 valence electrons. The molecule has 1 aromatic carbocycles. The summed E-state index contributed by atoms with van der Waals surface area (Å²) >= 11 is 11.8. The van der Waals surface area contributed by atoms with Gasteiger partial charge in [-0.25, -0.2) is 14.4 Å². The van der Waals surface area contributed by atoms with Crippen LogP contribution in [0.5, 0.6) is 0 Å². The highest BCUT2D eigenvalue weighted by atomic mass is 35.5. The van der Waals surface area contributed by atoms with Gasteiger partial charge in [0, 0.05) is 5.41 Å². The summed E-state index contributed by atoms with van der Waals surface area (Å²) in [6.45, 7) is 6.01. The van der Waals surface area contributed by atoms with Crippen LogP contribution in [0, 0.1) is 5.82 Å². The van der Waals surface area contributed by atoms with Crippen LogP contribution < -0.4 is 0 Å². The average Bonchev–Trinajstić information content (AvgIpc) is 2.31. The van der Waals surface area contributed by atoms with E-state index in [9.17, 15) is 4.39 Å². The summed E-state index contributed by atoms with van der Waals surface area (Å²) in [6, 6.07) is 6.41. The summed E-state index contributed by atoms with van der Waals surface area (Å²) in [7, 11) is 0. The van der Waals surface area contributed by atoms with Crippen LogP contribution in [0.2, 0.25) is 10.2 Å². The lowest BCUT2D eigenvalue weighted by Crippen LogP contribution is -2.14. The van der Waals surface area contributed by atoms with Gasteiger partial charge in [-0.1, -0.05) is 50.0 Å². The standard InChI is InChI=1S/C14H13Cl2FN2/c1-14(2,3)10-7-11(16)19-13(18-10)8-5-4-6-9(15)12(8)17/h4-7H,1-3H3. The van der Waals surface area contributed by atoms with E-state index in [1.165, 1.54) is 6.07 Å². The van der Waals surface area contributed by atoms with Crippen molar-refractivity contribution in [2.24, 2.45) is 0 Å². The molecular formula is C14H13Cl2FN2. The first-order chi connectivity index (χ1) is 8.79. The number of hydrogen-bond donors (Lipinski definition) is 0. The van der Waals surface area contributed by atoms with Crippen LogP contribution >= 0.6 is 23.2 Å². The van der Waals surface area contributed by atoms with Gasteiger partial charge in [0.05, 0.1) is 16.3 Å². The molecule has 0 aliphatic rings. The predicted molar refractivity (Wildman–Crippen MR) is 76.1 cm³/mol. The van der Waals surface area contributed by atoms with Crippen molar-refractivity contribution in [1.82, 2.24) is 9.97 Å². The highest BCUT2D eigenvalue weighted by molar-refractivity contribution is 6.31. The lowest BCUT2D eigenvalue weighted by atomic mass is 9.92. The van der Waals surface area contributed by atoms with Gasteiger partial charge in [0.15, 0.2) is 11.6 Å². The first kappa shape index (κ1) is 14.2. The Morgan fingerprint density at radius 3 is 2.42 bits per heavy atom. The molecule has 0 N–H and O–H groups in total. The maximum absolute atomic E-state index is 14.0. The molecule has 2 aromatic rings. The van der Waals surface area contributed by atoms with Crippen LogP contribution in [0.1, 0.15) is 26.5 Å². The highest BCUT2D eigenvalue weighted by Gasteiger charge is 2.19. The van der Waals surface area contributed by atoms with E-state index in [-0.39, 0.29) is 27.0 Å². The molecule has 0 saturated carbocycles. The predicted octanol–water partition coefficient (Wildman–Crippen LogP) is 4.89. The van der Waals surface area contributed by atoms with E-state index >= 15 is 0 Å². The largest absolute Gasteiger partial charge is 0.232 e. The Balaban J connectivity index is 2.63. The molecule has 1 aromatic heterocycles. The molecule has 0 spiro atoms. The molecule has 5 heteroatoms. The van der Waals surface area contributed by atoms with Gasteiger partial charge in [0.25, 0.3) is 0 Å². The van der Waals surface area contributed by atoms with Gasteiger partial charge < -0.3 is 0 Å². The van der Waals surface area contributed by atoms with Crippen molar-refractivity contribution in [1.29, 1.82) is 0 Å². The average molecular weight is 299 g/mol. The summed E-state index contributed by atoms with van der Waals surface area (Å²) in [6.07, 6.45) is 0. The van der Waals surface area contributed by atoms with Gasteiger partial charge in [-0.3, -0.25) is 0 Å². The third-order valence-corrected chi connectivity index (χ3v) is 3.14. The molecule has 0 atom stereocenters.